The molecule has 0 fully saturated rings. The van der Waals surface area contributed by atoms with Crippen LogP contribution in [0.2, 0.25) is 0 Å². The lowest BCUT2D eigenvalue weighted by molar-refractivity contribution is -0.137. The molecular weight excluding hydrogens is 451 g/mol. The minimum absolute atomic E-state index is 0.0317. The summed E-state index contributed by atoms with van der Waals surface area (Å²) in [6.45, 7) is -1.70. The van der Waals surface area contributed by atoms with Gasteiger partial charge in [0.1, 0.15) is 0 Å². The predicted molar refractivity (Wildman–Crippen MR) is 109 cm³/mol. The lowest BCUT2D eigenvalue weighted by atomic mass is 10.00. The van der Waals surface area contributed by atoms with Gasteiger partial charge in [0.15, 0.2) is 11.5 Å². The van der Waals surface area contributed by atoms with Gasteiger partial charge in [-0.2, -0.15) is 22.0 Å². The maximum atomic E-state index is 13.0. The monoisotopic (exact) mass is 474 g/mol. The number of methoxy groups -OCH3 is 1. The minimum Gasteiger partial charge on any atom is -0.493 e. The summed E-state index contributed by atoms with van der Waals surface area (Å²) in [5, 5.41) is 4.99. The Morgan fingerprint density at radius 2 is 1.79 bits per heavy atom. The smallest absolute Gasteiger partial charge is 0.416 e. The number of carbonyl (C=O) groups excluding carboxylic acids is 2. The molecule has 2 aromatic rings. The zero-order valence-corrected chi connectivity index (χ0v) is 17.8. The van der Waals surface area contributed by atoms with Gasteiger partial charge in [-0.25, -0.2) is 0 Å². The van der Waals surface area contributed by atoms with Crippen molar-refractivity contribution in [3.05, 3.63) is 59.2 Å². The molecule has 0 aliphatic carbocycles. The van der Waals surface area contributed by atoms with Crippen molar-refractivity contribution in [3.8, 4) is 11.5 Å². The van der Waals surface area contributed by atoms with Crippen LogP contribution < -0.4 is 20.1 Å². The summed E-state index contributed by atoms with van der Waals surface area (Å²) in [6, 6.07) is 7.53. The summed E-state index contributed by atoms with van der Waals surface area (Å²) >= 11 is 0. The van der Waals surface area contributed by atoms with Crippen molar-refractivity contribution in [2.24, 2.45) is 0 Å². The number of ether oxygens (including phenoxy) is 2. The molecule has 6 nitrogen and oxygen atoms in total. The third-order valence-corrected chi connectivity index (χ3v) is 4.58. The van der Waals surface area contributed by atoms with Gasteiger partial charge in [0, 0.05) is 5.56 Å². The van der Waals surface area contributed by atoms with Crippen molar-refractivity contribution < 1.29 is 41.0 Å². The van der Waals surface area contributed by atoms with Gasteiger partial charge in [0.2, 0.25) is 5.91 Å². The Bertz CT molecular complexity index is 966. The first-order valence-electron chi connectivity index (χ1n) is 9.92. The molecule has 2 rings (SSSR count). The molecular formula is C22H23F5N2O4. The first kappa shape index (κ1) is 25.9. The van der Waals surface area contributed by atoms with Gasteiger partial charge >= 0.3 is 12.8 Å². The summed E-state index contributed by atoms with van der Waals surface area (Å²) in [5.41, 5.74) is -0.494. The number of halogens is 5. The Morgan fingerprint density at radius 3 is 2.39 bits per heavy atom. The highest BCUT2D eigenvalue weighted by molar-refractivity contribution is 5.97. The third-order valence-electron chi connectivity index (χ3n) is 4.58. The first-order valence-corrected chi connectivity index (χ1v) is 9.92. The molecule has 0 aromatic heterocycles. The van der Waals surface area contributed by atoms with Crippen LogP contribution in [0.5, 0.6) is 11.5 Å². The van der Waals surface area contributed by atoms with Gasteiger partial charge in [-0.3, -0.25) is 9.59 Å². The Hall–Kier alpha value is -3.37. The van der Waals surface area contributed by atoms with Gasteiger partial charge < -0.3 is 20.1 Å². The van der Waals surface area contributed by atoms with Crippen molar-refractivity contribution in [2.45, 2.75) is 38.6 Å². The highest BCUT2D eigenvalue weighted by Crippen LogP contribution is 2.32. The quantitative estimate of drug-likeness (QED) is 0.490. The van der Waals surface area contributed by atoms with Crippen LogP contribution >= 0.6 is 0 Å². The van der Waals surface area contributed by atoms with E-state index in [0.29, 0.717) is 18.4 Å². The van der Waals surface area contributed by atoms with Crippen molar-refractivity contribution in [1.29, 1.82) is 0 Å². The highest BCUT2D eigenvalue weighted by Gasteiger charge is 2.31. The van der Waals surface area contributed by atoms with E-state index < -0.39 is 42.8 Å². The topological polar surface area (TPSA) is 76.7 Å². The maximum absolute atomic E-state index is 13.0. The van der Waals surface area contributed by atoms with Crippen LogP contribution in [0.15, 0.2) is 42.5 Å². The fourth-order valence-electron chi connectivity index (χ4n) is 3.05. The van der Waals surface area contributed by atoms with Crippen molar-refractivity contribution in [1.82, 2.24) is 10.6 Å². The molecule has 2 amide bonds. The average molecular weight is 474 g/mol. The summed E-state index contributed by atoms with van der Waals surface area (Å²) in [5.74, 6) is -1.65. The van der Waals surface area contributed by atoms with Gasteiger partial charge in [0.05, 0.1) is 25.3 Å². The van der Waals surface area contributed by atoms with E-state index in [1.54, 1.807) is 0 Å². The second-order valence-electron chi connectivity index (χ2n) is 6.96. The number of rotatable bonds is 10. The fraction of sp³-hybridized carbons (Fsp3) is 0.364. The Labute approximate surface area is 187 Å². The largest absolute Gasteiger partial charge is 0.493 e. The fourth-order valence-corrected chi connectivity index (χ4v) is 3.05. The molecule has 2 N–H and O–H groups in total. The number of hydrogen-bond acceptors (Lipinski definition) is 4. The molecule has 0 bridgehead atoms. The summed E-state index contributed by atoms with van der Waals surface area (Å²) in [6.07, 6.45) is -3.52. The summed E-state index contributed by atoms with van der Waals surface area (Å²) < 4.78 is 73.0. The van der Waals surface area contributed by atoms with Gasteiger partial charge in [-0.15, -0.1) is 0 Å². The molecule has 0 saturated carbocycles. The van der Waals surface area contributed by atoms with Crippen molar-refractivity contribution in [2.75, 3.05) is 13.7 Å². The molecule has 180 valence electrons. The number of carbonyl (C=O) groups is 2. The molecule has 1 atom stereocenters. The average Bonchev–Trinajstić information content (AvgIpc) is 2.76. The second-order valence-corrected chi connectivity index (χ2v) is 6.96. The molecule has 0 heterocycles. The summed E-state index contributed by atoms with van der Waals surface area (Å²) in [7, 11) is 1.21. The lowest BCUT2D eigenvalue weighted by Gasteiger charge is -2.20. The third kappa shape index (κ3) is 7.62. The van der Waals surface area contributed by atoms with Crippen LogP contribution in [0.25, 0.3) is 0 Å². The molecule has 2 aromatic carbocycles. The number of benzene rings is 2. The first-order chi connectivity index (χ1) is 15.5. The van der Waals surface area contributed by atoms with E-state index in [1.807, 2.05) is 6.92 Å². The van der Waals surface area contributed by atoms with Gasteiger partial charge in [-0.1, -0.05) is 25.5 Å². The van der Waals surface area contributed by atoms with Crippen LogP contribution in [0, 0.1) is 0 Å². The molecule has 0 radical (unpaired) electrons. The van der Waals surface area contributed by atoms with Crippen LogP contribution in [0.4, 0.5) is 22.0 Å². The normalized spacial score (nSPS) is 12.2. The lowest BCUT2D eigenvalue weighted by Crippen LogP contribution is -2.38. The maximum Gasteiger partial charge on any atom is 0.416 e. The SMILES string of the molecule is CCCC(NC(=O)CNC(=O)c1ccc(OC(F)F)c(OC)c1)c1cccc(C(F)(F)F)c1. The number of amides is 2. The Kier molecular flexibility index (Phi) is 9.01. The van der Waals surface area contributed by atoms with Crippen LogP contribution in [0.1, 0.15) is 47.3 Å². The minimum atomic E-state index is -4.51. The molecule has 33 heavy (non-hydrogen) atoms. The molecule has 0 saturated heterocycles. The van der Waals surface area contributed by atoms with Crippen molar-refractivity contribution >= 4 is 11.8 Å². The highest BCUT2D eigenvalue weighted by atomic mass is 19.4. The molecule has 0 aliphatic rings. The molecule has 0 spiro atoms. The number of hydrogen-bond donors (Lipinski definition) is 2. The predicted octanol–water partition coefficient (Wildman–Crippen LogP) is 4.70. The molecule has 11 heteroatoms. The van der Waals surface area contributed by atoms with E-state index in [-0.39, 0.29) is 17.1 Å². The second kappa shape index (κ2) is 11.5. The number of alkyl halides is 5. The van der Waals surface area contributed by atoms with Crippen LogP contribution in [-0.2, 0) is 11.0 Å². The molecule has 1 unspecified atom stereocenters. The van der Waals surface area contributed by atoms with Gasteiger partial charge in [-0.05, 0) is 42.3 Å². The van der Waals surface area contributed by atoms with E-state index in [0.717, 1.165) is 18.2 Å². The van der Waals surface area contributed by atoms with E-state index in [4.69, 9.17) is 4.74 Å². The van der Waals surface area contributed by atoms with E-state index >= 15 is 0 Å². The van der Waals surface area contributed by atoms with E-state index in [2.05, 4.69) is 15.4 Å². The standard InChI is InChI=1S/C22H23F5N2O4/c1-3-5-16(13-6-4-7-15(10-13)22(25,26)27)29-19(30)12-28-20(31)14-8-9-17(33-21(23)24)18(11-14)32-2/h4,6-11,16,21H,3,5,12H2,1-2H3,(H,28,31)(H,29,30). The van der Waals surface area contributed by atoms with Gasteiger partial charge in [0.25, 0.3) is 5.91 Å². The van der Waals surface area contributed by atoms with Crippen LogP contribution in [0.3, 0.4) is 0 Å². The number of nitrogens with one attached hydrogen (secondary N) is 2. The molecule has 0 aliphatic heterocycles. The van der Waals surface area contributed by atoms with Crippen molar-refractivity contribution in [3.63, 3.8) is 0 Å². The van der Waals surface area contributed by atoms with Crippen LogP contribution in [-0.4, -0.2) is 32.1 Å². The summed E-state index contributed by atoms with van der Waals surface area (Å²) in [4.78, 5) is 24.7. The zero-order chi connectivity index (χ0) is 24.6. The zero-order valence-electron chi connectivity index (χ0n) is 17.8. The Balaban J connectivity index is 2.03. The van der Waals surface area contributed by atoms with E-state index in [9.17, 15) is 31.5 Å². The Morgan fingerprint density at radius 1 is 1.06 bits per heavy atom. The van der Waals surface area contributed by atoms with E-state index in [1.165, 1.54) is 31.4 Å².